The fourth-order valence-corrected chi connectivity index (χ4v) is 6.04. The summed E-state index contributed by atoms with van der Waals surface area (Å²) in [6.45, 7) is 6.38. The van der Waals surface area contributed by atoms with Gasteiger partial charge in [-0.2, -0.15) is 18.3 Å². The topological polar surface area (TPSA) is 157 Å². The molecule has 0 saturated carbocycles. The molecule has 2 aliphatic rings. The molecular formula is C31H37ClF3N9O4. The summed E-state index contributed by atoms with van der Waals surface area (Å²) in [6, 6.07) is 4.25. The zero-order valence-electron chi connectivity index (χ0n) is 26.5. The van der Waals surface area contributed by atoms with Crippen molar-refractivity contribution in [3.8, 4) is 0 Å². The molecule has 17 heteroatoms. The molecule has 2 saturated heterocycles. The molecule has 0 aliphatic carbocycles. The van der Waals surface area contributed by atoms with E-state index in [9.17, 15) is 32.3 Å². The zero-order valence-corrected chi connectivity index (χ0v) is 27.2. The predicted octanol–water partition coefficient (Wildman–Crippen LogP) is 2.93. The van der Waals surface area contributed by atoms with Gasteiger partial charge in [-0.1, -0.05) is 11.6 Å². The van der Waals surface area contributed by atoms with Crippen LogP contribution in [0.15, 0.2) is 30.6 Å². The number of benzene rings is 1. The first kappa shape index (κ1) is 34.9. The Morgan fingerprint density at radius 1 is 1.06 bits per heavy atom. The van der Waals surface area contributed by atoms with E-state index < -0.39 is 23.7 Å². The Labute approximate surface area is 279 Å². The van der Waals surface area contributed by atoms with E-state index in [1.807, 2.05) is 4.90 Å². The lowest BCUT2D eigenvalue weighted by molar-refractivity contribution is -0.142. The summed E-state index contributed by atoms with van der Waals surface area (Å²) in [5.41, 5.74) is -0.601. The van der Waals surface area contributed by atoms with Gasteiger partial charge in [0.2, 0.25) is 11.8 Å². The van der Waals surface area contributed by atoms with Crippen LogP contribution in [0.2, 0.25) is 5.02 Å². The number of aromatic amines is 1. The van der Waals surface area contributed by atoms with E-state index in [0.717, 1.165) is 36.8 Å². The van der Waals surface area contributed by atoms with E-state index in [-0.39, 0.29) is 70.1 Å². The molecule has 13 nitrogen and oxygen atoms in total. The van der Waals surface area contributed by atoms with E-state index in [1.54, 1.807) is 18.7 Å². The molecule has 2 fully saturated rings. The number of hydrogen-bond donors (Lipinski definition) is 4. The standard InChI is InChI=1S/C31H37ClF3N9O4/c1-18(2)38-25(45)17-44-16-20(26(41-44)31(33,34)35)13-22-15-37-27(39-22)28(46)40-21-3-4-23(24(32)14-21)30(48)43-11-9-42(10-12-43)29(47)19-5-7-36-8-6-19/h3-4,14-16,18-19,36H,5-13,17H2,1-2H3,(H,37,39)(H,38,45)(H,40,46). The molecule has 0 radical (unpaired) electrons. The number of nitrogens with one attached hydrogen (secondary N) is 4. The minimum absolute atomic E-state index is 0.0149. The van der Waals surface area contributed by atoms with Gasteiger partial charge in [0.05, 0.1) is 10.6 Å². The number of piperazine rings is 1. The van der Waals surface area contributed by atoms with E-state index in [1.165, 1.54) is 24.4 Å². The minimum Gasteiger partial charge on any atom is -0.352 e. The molecule has 258 valence electrons. The first-order valence-electron chi connectivity index (χ1n) is 15.6. The van der Waals surface area contributed by atoms with Crippen molar-refractivity contribution >= 4 is 40.9 Å². The van der Waals surface area contributed by atoms with Crippen molar-refractivity contribution in [2.45, 2.75) is 51.9 Å². The van der Waals surface area contributed by atoms with Crippen LogP contribution in [0.25, 0.3) is 0 Å². The third-order valence-corrected chi connectivity index (χ3v) is 8.42. The van der Waals surface area contributed by atoms with Gasteiger partial charge < -0.3 is 30.7 Å². The quantitative estimate of drug-likeness (QED) is 0.269. The average molecular weight is 692 g/mol. The van der Waals surface area contributed by atoms with E-state index in [0.29, 0.717) is 26.2 Å². The molecule has 0 bridgehead atoms. The van der Waals surface area contributed by atoms with Crippen molar-refractivity contribution in [3.63, 3.8) is 0 Å². The number of piperidine rings is 1. The molecule has 4 amide bonds. The van der Waals surface area contributed by atoms with Crippen molar-refractivity contribution in [2.75, 3.05) is 44.6 Å². The SMILES string of the molecule is CC(C)NC(=O)Cn1cc(Cc2cnc(C(=O)Nc3ccc(C(=O)N4CCN(C(=O)C5CCNCC5)CC4)c(Cl)c3)[nH]2)c(C(F)(F)F)n1. The van der Waals surface area contributed by atoms with Crippen LogP contribution in [0, 0.1) is 5.92 Å². The van der Waals surface area contributed by atoms with Gasteiger partial charge in [0.15, 0.2) is 11.5 Å². The second-order valence-electron chi connectivity index (χ2n) is 12.1. The lowest BCUT2D eigenvalue weighted by Gasteiger charge is -2.37. The van der Waals surface area contributed by atoms with Crippen LogP contribution in [-0.2, 0) is 28.7 Å². The van der Waals surface area contributed by atoms with Gasteiger partial charge in [0.25, 0.3) is 11.8 Å². The second kappa shape index (κ2) is 14.8. The van der Waals surface area contributed by atoms with Gasteiger partial charge in [-0.05, 0) is 58.0 Å². The van der Waals surface area contributed by atoms with Gasteiger partial charge in [0.1, 0.15) is 6.54 Å². The zero-order chi connectivity index (χ0) is 34.6. The third-order valence-electron chi connectivity index (χ3n) is 8.11. The maximum atomic E-state index is 13.7. The fraction of sp³-hybridized carbons (Fsp3) is 0.484. The number of amides is 4. The Morgan fingerprint density at radius 2 is 1.75 bits per heavy atom. The van der Waals surface area contributed by atoms with Crippen LogP contribution in [-0.4, -0.2) is 98.5 Å². The first-order valence-corrected chi connectivity index (χ1v) is 16.0. The Kier molecular flexibility index (Phi) is 10.7. The number of halogens is 4. The highest BCUT2D eigenvalue weighted by Gasteiger charge is 2.37. The highest BCUT2D eigenvalue weighted by atomic mass is 35.5. The lowest BCUT2D eigenvalue weighted by Crippen LogP contribution is -2.52. The summed E-state index contributed by atoms with van der Waals surface area (Å²) in [7, 11) is 0. The van der Waals surface area contributed by atoms with Crippen LogP contribution < -0.4 is 16.0 Å². The largest absolute Gasteiger partial charge is 0.435 e. The molecule has 4 N–H and O–H groups in total. The number of nitrogens with zero attached hydrogens (tertiary/aromatic N) is 5. The average Bonchev–Trinajstić information content (AvgIpc) is 3.68. The van der Waals surface area contributed by atoms with Crippen molar-refractivity contribution in [1.29, 1.82) is 0 Å². The van der Waals surface area contributed by atoms with Crippen LogP contribution >= 0.6 is 11.6 Å². The molecule has 0 atom stereocenters. The van der Waals surface area contributed by atoms with Gasteiger partial charge in [-0.3, -0.25) is 23.9 Å². The number of carbonyl (C=O) groups is 4. The number of alkyl halides is 3. The van der Waals surface area contributed by atoms with Gasteiger partial charge in [-0.15, -0.1) is 0 Å². The van der Waals surface area contributed by atoms with E-state index in [4.69, 9.17) is 11.6 Å². The second-order valence-corrected chi connectivity index (χ2v) is 12.6. The summed E-state index contributed by atoms with van der Waals surface area (Å²) < 4.78 is 42.0. The molecule has 2 aromatic heterocycles. The Morgan fingerprint density at radius 3 is 2.40 bits per heavy atom. The molecule has 1 aromatic carbocycles. The number of imidazole rings is 1. The number of aromatic nitrogens is 4. The fourth-order valence-electron chi connectivity index (χ4n) is 5.78. The van der Waals surface area contributed by atoms with Gasteiger partial charge in [0, 0.05) is 73.9 Å². The van der Waals surface area contributed by atoms with Crippen molar-refractivity contribution < 1.29 is 32.3 Å². The summed E-state index contributed by atoms with van der Waals surface area (Å²) >= 11 is 6.44. The smallest absolute Gasteiger partial charge is 0.352 e. The number of hydrogen-bond acceptors (Lipinski definition) is 7. The van der Waals surface area contributed by atoms with Gasteiger partial charge >= 0.3 is 6.18 Å². The molecule has 4 heterocycles. The monoisotopic (exact) mass is 691 g/mol. The van der Waals surface area contributed by atoms with E-state index in [2.05, 4.69) is 31.0 Å². The van der Waals surface area contributed by atoms with Crippen molar-refractivity contribution in [2.24, 2.45) is 5.92 Å². The summed E-state index contributed by atoms with van der Waals surface area (Å²) in [5, 5.41) is 12.2. The highest BCUT2D eigenvalue weighted by molar-refractivity contribution is 6.34. The Balaban J connectivity index is 1.18. The van der Waals surface area contributed by atoms with E-state index >= 15 is 0 Å². The maximum Gasteiger partial charge on any atom is 0.435 e. The van der Waals surface area contributed by atoms with Crippen LogP contribution in [0.1, 0.15) is 64.6 Å². The molecule has 2 aliphatic heterocycles. The van der Waals surface area contributed by atoms with Crippen LogP contribution in [0.3, 0.4) is 0 Å². The summed E-state index contributed by atoms with van der Waals surface area (Å²) in [5.74, 6) is -1.45. The Bertz CT molecular complexity index is 1660. The molecule has 3 aromatic rings. The molecule has 48 heavy (non-hydrogen) atoms. The van der Waals surface area contributed by atoms with Crippen LogP contribution in [0.5, 0.6) is 0 Å². The summed E-state index contributed by atoms with van der Waals surface area (Å²) in [6.07, 6.45) is -1.02. The number of H-pyrrole nitrogens is 1. The predicted molar refractivity (Wildman–Crippen MR) is 169 cm³/mol. The minimum atomic E-state index is -4.76. The van der Waals surface area contributed by atoms with Crippen molar-refractivity contribution in [3.05, 3.63) is 64.0 Å². The molecule has 0 unspecified atom stereocenters. The summed E-state index contributed by atoms with van der Waals surface area (Å²) in [4.78, 5) is 61.2. The third kappa shape index (κ3) is 8.52. The molecular weight excluding hydrogens is 655 g/mol. The first-order chi connectivity index (χ1) is 22.8. The number of anilines is 1. The molecule has 0 spiro atoms. The lowest BCUT2D eigenvalue weighted by atomic mass is 9.96. The number of carbonyl (C=O) groups excluding carboxylic acids is 4. The Hall–Kier alpha value is -4.44. The van der Waals surface area contributed by atoms with Crippen molar-refractivity contribution in [1.82, 2.24) is 40.2 Å². The maximum absolute atomic E-state index is 13.7. The molecule has 5 rings (SSSR count). The van der Waals surface area contributed by atoms with Gasteiger partial charge in [-0.25, -0.2) is 4.98 Å². The number of rotatable bonds is 9. The normalized spacial score (nSPS) is 15.9. The van der Waals surface area contributed by atoms with Crippen LogP contribution in [0.4, 0.5) is 18.9 Å². The highest BCUT2D eigenvalue weighted by Crippen LogP contribution is 2.32.